The van der Waals surface area contributed by atoms with Gasteiger partial charge in [0.15, 0.2) is 0 Å². The topological polar surface area (TPSA) is 113 Å². The van der Waals surface area contributed by atoms with E-state index in [1.54, 1.807) is 30.3 Å². The van der Waals surface area contributed by atoms with Crippen molar-refractivity contribution in [2.45, 2.75) is 58.4 Å². The van der Waals surface area contributed by atoms with Crippen molar-refractivity contribution in [1.82, 2.24) is 10.0 Å². The molecule has 0 radical (unpaired) electrons. The molecule has 0 aliphatic rings. The molecule has 1 aromatic rings. The number of amides is 1. The van der Waals surface area contributed by atoms with Gasteiger partial charge in [-0.25, -0.2) is 17.9 Å². The molecule has 1 aromatic carbocycles. The van der Waals surface area contributed by atoms with E-state index in [1.165, 1.54) is 0 Å². The Bertz CT molecular complexity index is 717. The highest BCUT2D eigenvalue weighted by Crippen LogP contribution is 2.11. The van der Waals surface area contributed by atoms with Crippen molar-refractivity contribution >= 4 is 21.9 Å². The van der Waals surface area contributed by atoms with Crippen LogP contribution in [0.25, 0.3) is 0 Å². The number of hydrogen-bond donors (Lipinski definition) is 3. The molecule has 3 N–H and O–H groups in total. The largest absolute Gasteiger partial charge is 0.480 e. The molecule has 0 heterocycles. The summed E-state index contributed by atoms with van der Waals surface area (Å²) in [5, 5.41) is 11.8. The summed E-state index contributed by atoms with van der Waals surface area (Å²) in [6.45, 7) is 7.45. The van der Waals surface area contributed by atoms with Crippen LogP contribution in [0.5, 0.6) is 0 Å². The maximum atomic E-state index is 12.6. The van der Waals surface area contributed by atoms with Gasteiger partial charge in [0, 0.05) is 0 Å². The van der Waals surface area contributed by atoms with Gasteiger partial charge in [0.1, 0.15) is 12.1 Å². The zero-order chi connectivity index (χ0) is 20.6. The summed E-state index contributed by atoms with van der Waals surface area (Å²) in [6, 6.07) is 6.59. The maximum Gasteiger partial charge on any atom is 0.326 e. The molecule has 0 aromatic heterocycles. The first kappa shape index (κ1) is 23.1. The normalized spacial score (nSPS) is 14.1. The van der Waals surface area contributed by atoms with Crippen molar-refractivity contribution in [2.24, 2.45) is 11.8 Å². The lowest BCUT2D eigenvalue weighted by atomic mass is 10.0. The Hall–Kier alpha value is -1.93. The van der Waals surface area contributed by atoms with Gasteiger partial charge in [0.25, 0.3) is 0 Å². The molecular weight excluding hydrogens is 368 g/mol. The third-order valence-corrected chi connectivity index (χ3v) is 5.22. The van der Waals surface area contributed by atoms with Gasteiger partial charge < -0.3 is 10.4 Å². The van der Waals surface area contributed by atoms with Crippen molar-refractivity contribution in [3.63, 3.8) is 0 Å². The Balaban J connectivity index is 2.90. The Morgan fingerprint density at radius 2 is 1.48 bits per heavy atom. The van der Waals surface area contributed by atoms with Gasteiger partial charge in [-0.05, 0) is 30.2 Å². The van der Waals surface area contributed by atoms with E-state index in [4.69, 9.17) is 0 Å². The lowest BCUT2D eigenvalue weighted by Crippen LogP contribution is -2.52. The Morgan fingerprint density at radius 1 is 0.963 bits per heavy atom. The van der Waals surface area contributed by atoms with Crippen LogP contribution in [-0.4, -0.2) is 37.5 Å². The lowest BCUT2D eigenvalue weighted by molar-refractivity contribution is -0.142. The molecule has 0 aliphatic heterocycles. The van der Waals surface area contributed by atoms with Crippen LogP contribution in [0.1, 0.15) is 46.1 Å². The number of rotatable bonds is 11. The zero-order valence-electron chi connectivity index (χ0n) is 16.3. The average Bonchev–Trinajstić information content (AvgIpc) is 2.52. The highest BCUT2D eigenvalue weighted by atomic mass is 32.2. The minimum absolute atomic E-state index is 0.0496. The van der Waals surface area contributed by atoms with E-state index < -0.39 is 34.0 Å². The first-order valence-electron chi connectivity index (χ1n) is 9.07. The van der Waals surface area contributed by atoms with E-state index in [1.807, 2.05) is 27.7 Å². The average molecular weight is 399 g/mol. The molecule has 2 atom stereocenters. The number of sulfonamides is 1. The number of aliphatic carboxylic acids is 1. The van der Waals surface area contributed by atoms with Crippen LogP contribution < -0.4 is 10.0 Å². The Morgan fingerprint density at radius 3 is 1.96 bits per heavy atom. The van der Waals surface area contributed by atoms with Gasteiger partial charge in [-0.2, -0.15) is 0 Å². The van der Waals surface area contributed by atoms with Gasteiger partial charge in [0.2, 0.25) is 15.9 Å². The van der Waals surface area contributed by atoms with Crippen LogP contribution in [0.4, 0.5) is 0 Å². The van der Waals surface area contributed by atoms with E-state index in [9.17, 15) is 23.1 Å². The molecule has 8 heteroatoms. The molecule has 0 spiro atoms. The molecule has 0 bridgehead atoms. The van der Waals surface area contributed by atoms with Gasteiger partial charge in [-0.3, -0.25) is 4.79 Å². The minimum Gasteiger partial charge on any atom is -0.480 e. The van der Waals surface area contributed by atoms with Crippen LogP contribution in [0.3, 0.4) is 0 Å². The van der Waals surface area contributed by atoms with Crippen LogP contribution in [0.2, 0.25) is 0 Å². The molecule has 1 amide bonds. The van der Waals surface area contributed by atoms with Gasteiger partial charge in [-0.1, -0.05) is 58.0 Å². The number of nitrogens with one attached hydrogen (secondary N) is 2. The molecule has 7 nitrogen and oxygen atoms in total. The lowest BCUT2D eigenvalue weighted by Gasteiger charge is -2.23. The second-order valence-electron chi connectivity index (χ2n) is 7.57. The van der Waals surface area contributed by atoms with Crippen LogP contribution in [0, 0.1) is 11.8 Å². The summed E-state index contributed by atoms with van der Waals surface area (Å²) in [5.74, 6) is -1.87. The van der Waals surface area contributed by atoms with Crippen molar-refractivity contribution in [3.8, 4) is 0 Å². The van der Waals surface area contributed by atoms with Crippen molar-refractivity contribution in [1.29, 1.82) is 0 Å². The first-order chi connectivity index (χ1) is 12.5. The second kappa shape index (κ2) is 10.4. The number of carboxylic acids is 1. The first-order valence-corrected chi connectivity index (χ1v) is 10.7. The third-order valence-electron chi connectivity index (χ3n) is 3.87. The van der Waals surface area contributed by atoms with Gasteiger partial charge >= 0.3 is 5.97 Å². The maximum absolute atomic E-state index is 12.6. The summed E-state index contributed by atoms with van der Waals surface area (Å²) >= 11 is 0. The fourth-order valence-electron chi connectivity index (χ4n) is 2.70. The fraction of sp³-hybridized carbons (Fsp3) is 0.579. The summed E-state index contributed by atoms with van der Waals surface area (Å²) in [6.07, 6.45) is 0.542. The highest BCUT2D eigenvalue weighted by Gasteiger charge is 2.29. The van der Waals surface area contributed by atoms with Crippen molar-refractivity contribution < 1.29 is 23.1 Å². The summed E-state index contributed by atoms with van der Waals surface area (Å²) in [5.41, 5.74) is 0.608. The summed E-state index contributed by atoms with van der Waals surface area (Å²) in [7, 11) is -3.76. The standard InChI is InChI=1S/C19H30N2O5S/c1-13(2)10-16(18(22)20-17(19(23)24)11-14(3)4)21-27(25,26)12-15-8-6-5-7-9-15/h5-9,13-14,16-17,21H,10-12H2,1-4H3,(H,20,22)(H,23,24)/t16-,17-/m1/s1. The summed E-state index contributed by atoms with van der Waals surface area (Å²) in [4.78, 5) is 24.0. The van der Waals surface area contributed by atoms with Gasteiger partial charge in [-0.15, -0.1) is 0 Å². The van der Waals surface area contributed by atoms with Crippen LogP contribution in [-0.2, 0) is 25.4 Å². The Kier molecular flexibility index (Phi) is 8.92. The number of hydrogen-bond acceptors (Lipinski definition) is 4. The Labute approximate surface area is 161 Å². The SMILES string of the molecule is CC(C)C[C@@H](NC(=O)[C@@H](CC(C)C)NS(=O)(=O)Cc1ccccc1)C(=O)O. The number of benzene rings is 1. The van der Waals surface area contributed by atoms with E-state index >= 15 is 0 Å². The third kappa shape index (κ3) is 9.01. The second-order valence-corrected chi connectivity index (χ2v) is 9.33. The number of carboxylic acid groups (broad SMARTS) is 1. The van der Waals surface area contributed by atoms with Crippen LogP contribution >= 0.6 is 0 Å². The van der Waals surface area contributed by atoms with E-state index in [2.05, 4.69) is 10.0 Å². The van der Waals surface area contributed by atoms with Crippen molar-refractivity contribution in [2.75, 3.05) is 0 Å². The van der Waals surface area contributed by atoms with E-state index in [-0.39, 0.29) is 30.4 Å². The number of carbonyl (C=O) groups excluding carboxylic acids is 1. The van der Waals surface area contributed by atoms with Gasteiger partial charge in [0.05, 0.1) is 5.75 Å². The monoisotopic (exact) mass is 398 g/mol. The predicted octanol–water partition coefficient (Wildman–Crippen LogP) is 2.14. The summed E-state index contributed by atoms with van der Waals surface area (Å²) < 4.78 is 27.4. The fourth-order valence-corrected chi connectivity index (χ4v) is 4.05. The number of carbonyl (C=O) groups is 2. The van der Waals surface area contributed by atoms with Crippen LogP contribution in [0.15, 0.2) is 30.3 Å². The minimum atomic E-state index is -3.76. The molecule has 27 heavy (non-hydrogen) atoms. The molecule has 0 saturated carbocycles. The smallest absolute Gasteiger partial charge is 0.326 e. The predicted molar refractivity (Wildman–Crippen MR) is 104 cm³/mol. The highest BCUT2D eigenvalue weighted by molar-refractivity contribution is 7.88. The van der Waals surface area contributed by atoms with E-state index in [0.29, 0.717) is 5.56 Å². The van der Waals surface area contributed by atoms with Crippen molar-refractivity contribution in [3.05, 3.63) is 35.9 Å². The molecule has 0 saturated heterocycles. The zero-order valence-corrected chi connectivity index (χ0v) is 17.1. The molecule has 0 fully saturated rings. The molecule has 0 aliphatic carbocycles. The molecule has 152 valence electrons. The van der Waals surface area contributed by atoms with E-state index in [0.717, 1.165) is 0 Å². The quantitative estimate of drug-likeness (QED) is 0.529. The molecule has 0 unspecified atom stereocenters. The molecular formula is C19H30N2O5S. The molecule has 1 rings (SSSR count).